The van der Waals surface area contributed by atoms with E-state index in [2.05, 4.69) is 5.43 Å². The van der Waals surface area contributed by atoms with Gasteiger partial charge in [0.25, 0.3) is 0 Å². The summed E-state index contributed by atoms with van der Waals surface area (Å²) in [4.78, 5) is 1.62. The fourth-order valence-electron chi connectivity index (χ4n) is 0.214. The summed E-state index contributed by atoms with van der Waals surface area (Å²) in [6, 6.07) is 0. The Hall–Kier alpha value is 0.790. The molecule has 6 nitrogen and oxygen atoms in total. The predicted molar refractivity (Wildman–Crippen MR) is 32.9 cm³/mol. The van der Waals surface area contributed by atoms with Gasteiger partial charge in [0.15, 0.2) is 0 Å². The molecular weight excluding hydrogens is 169 g/mol. The number of nitrogens with two attached hydrogens (primary N) is 1. The summed E-state index contributed by atoms with van der Waals surface area (Å²) in [6.07, 6.45) is 0. The van der Waals surface area contributed by atoms with Crippen LogP contribution in [0.2, 0.25) is 0 Å². The van der Waals surface area contributed by atoms with Crippen LogP contribution < -0.4 is 45.5 Å². The van der Waals surface area contributed by atoms with Gasteiger partial charge in [-0.25, -0.2) is 5.43 Å². The molecule has 0 aliphatic carbocycles. The summed E-state index contributed by atoms with van der Waals surface area (Å²) in [5.41, 5.74) is 7.14. The van der Waals surface area contributed by atoms with Gasteiger partial charge in [-0.2, -0.15) is 8.42 Å². The first-order chi connectivity index (χ1) is 4.06. The molecule has 5 N–H and O–H groups in total. The average molecular weight is 179 g/mol. The van der Waals surface area contributed by atoms with E-state index in [1.54, 1.807) is 4.83 Å². The number of nitrogens with one attached hydrogen (secondary N) is 2. The smallest absolute Gasteiger partial charge is 1.00 e. The summed E-state index contributed by atoms with van der Waals surface area (Å²) in [5.74, 6) is 0. The Morgan fingerprint density at radius 2 is 2.10 bits per heavy atom. The molecule has 0 aromatic rings. The third-order valence-corrected chi connectivity index (χ3v) is 0.873. The SMILES string of the molecule is NCCNNS(=O)(=O)O.[H-].[Na+]. The van der Waals surface area contributed by atoms with Gasteiger partial charge in [-0.15, -0.1) is 4.83 Å². The van der Waals surface area contributed by atoms with E-state index in [1.165, 1.54) is 0 Å². The Balaban J connectivity index is -0.000000320. The van der Waals surface area contributed by atoms with Crippen molar-refractivity contribution < 1.29 is 44.0 Å². The topological polar surface area (TPSA) is 104 Å². The second kappa shape index (κ2) is 6.50. The zero-order valence-corrected chi connectivity index (χ0v) is 8.48. The minimum absolute atomic E-state index is 0. The molecule has 0 bridgehead atoms. The minimum Gasteiger partial charge on any atom is -1.00 e. The van der Waals surface area contributed by atoms with Crippen LogP contribution in [0.15, 0.2) is 0 Å². The maximum absolute atomic E-state index is 9.85. The van der Waals surface area contributed by atoms with Crippen molar-refractivity contribution in [3.63, 3.8) is 0 Å². The van der Waals surface area contributed by atoms with E-state index in [-0.39, 0.29) is 37.5 Å². The molecule has 0 saturated heterocycles. The van der Waals surface area contributed by atoms with Crippen LogP contribution in [0.25, 0.3) is 0 Å². The van der Waals surface area contributed by atoms with Crippen LogP contribution in [-0.4, -0.2) is 26.1 Å². The summed E-state index contributed by atoms with van der Waals surface area (Å²) in [5, 5.41) is 0. The van der Waals surface area contributed by atoms with E-state index in [0.717, 1.165) is 0 Å². The van der Waals surface area contributed by atoms with Crippen LogP contribution in [-0.2, 0) is 10.3 Å². The molecule has 0 radical (unpaired) electrons. The van der Waals surface area contributed by atoms with Gasteiger partial charge in [-0.3, -0.25) is 4.55 Å². The Bertz CT molecular complexity index is 162. The van der Waals surface area contributed by atoms with Crippen molar-refractivity contribution in [2.45, 2.75) is 0 Å². The summed E-state index contributed by atoms with van der Waals surface area (Å²) in [6.45, 7) is 0.572. The first kappa shape index (κ1) is 13.4. The molecule has 0 fully saturated rings. The van der Waals surface area contributed by atoms with E-state index < -0.39 is 10.3 Å². The number of hydrogen-bond acceptors (Lipinski definition) is 4. The van der Waals surface area contributed by atoms with E-state index in [9.17, 15) is 8.42 Å². The van der Waals surface area contributed by atoms with Crippen molar-refractivity contribution in [3.8, 4) is 0 Å². The van der Waals surface area contributed by atoms with Crippen molar-refractivity contribution in [3.05, 3.63) is 0 Å². The molecule has 0 aliphatic heterocycles. The maximum atomic E-state index is 9.85. The van der Waals surface area contributed by atoms with Gasteiger partial charge in [-0.05, 0) is 0 Å². The van der Waals surface area contributed by atoms with Crippen LogP contribution >= 0.6 is 0 Å². The molecule has 0 aliphatic rings. The molecule has 0 heterocycles. The Morgan fingerprint density at radius 3 is 2.40 bits per heavy atom. The quantitative estimate of drug-likeness (QED) is 0.150. The summed E-state index contributed by atoms with van der Waals surface area (Å²) < 4.78 is 27.7. The van der Waals surface area contributed by atoms with E-state index in [4.69, 9.17) is 10.3 Å². The third-order valence-electron chi connectivity index (χ3n) is 0.470. The van der Waals surface area contributed by atoms with Gasteiger partial charge in [-0.1, -0.05) is 0 Å². The van der Waals surface area contributed by atoms with Gasteiger partial charge in [0.1, 0.15) is 0 Å². The van der Waals surface area contributed by atoms with Gasteiger partial charge in [0, 0.05) is 13.1 Å². The second-order valence-electron chi connectivity index (χ2n) is 1.29. The van der Waals surface area contributed by atoms with E-state index in [0.29, 0.717) is 6.54 Å². The largest absolute Gasteiger partial charge is 1.00 e. The van der Waals surface area contributed by atoms with Crippen LogP contribution in [0, 0.1) is 0 Å². The fraction of sp³-hybridized carbons (Fsp3) is 1.00. The molecule has 0 saturated carbocycles. The van der Waals surface area contributed by atoms with Crippen molar-refractivity contribution in [2.24, 2.45) is 5.73 Å². The van der Waals surface area contributed by atoms with Gasteiger partial charge >= 0.3 is 39.9 Å². The van der Waals surface area contributed by atoms with Gasteiger partial charge in [0.2, 0.25) is 0 Å². The van der Waals surface area contributed by atoms with Crippen molar-refractivity contribution in [1.82, 2.24) is 10.3 Å². The molecule has 0 rings (SSSR count). The van der Waals surface area contributed by atoms with Crippen molar-refractivity contribution >= 4 is 10.3 Å². The summed E-state index contributed by atoms with van der Waals surface area (Å²) in [7, 11) is -4.11. The zero-order valence-electron chi connectivity index (χ0n) is 6.66. The standard InChI is InChI=1S/C2H9N3O3S.Na.H/c3-1-2-4-5-9(6,7)8;;/h4-5H,1-3H2,(H,6,7,8);;/q;+1;-1. The van der Waals surface area contributed by atoms with Crippen molar-refractivity contribution in [2.75, 3.05) is 13.1 Å². The van der Waals surface area contributed by atoms with Crippen LogP contribution in [0.4, 0.5) is 0 Å². The zero-order chi connectivity index (χ0) is 7.33. The Labute approximate surface area is 83.2 Å². The number of hydrogen-bond donors (Lipinski definition) is 4. The Morgan fingerprint density at radius 1 is 1.60 bits per heavy atom. The molecule has 10 heavy (non-hydrogen) atoms. The number of rotatable bonds is 4. The molecule has 0 aromatic heterocycles. The monoisotopic (exact) mass is 179 g/mol. The van der Waals surface area contributed by atoms with Gasteiger partial charge in [0.05, 0.1) is 0 Å². The van der Waals surface area contributed by atoms with Gasteiger partial charge < -0.3 is 7.16 Å². The molecule has 0 spiro atoms. The first-order valence-corrected chi connectivity index (χ1v) is 3.67. The van der Waals surface area contributed by atoms with Crippen molar-refractivity contribution in [1.29, 1.82) is 0 Å². The molecular formula is C2H10N3NaO3S. The summed E-state index contributed by atoms with van der Waals surface area (Å²) >= 11 is 0. The first-order valence-electron chi connectivity index (χ1n) is 2.23. The Kier molecular flexibility index (Phi) is 8.70. The average Bonchev–Trinajstić information content (AvgIpc) is 1.63. The van der Waals surface area contributed by atoms with E-state index >= 15 is 0 Å². The fourth-order valence-corrected chi connectivity index (χ4v) is 0.499. The molecule has 0 unspecified atom stereocenters. The van der Waals surface area contributed by atoms with Crippen LogP contribution in [0.1, 0.15) is 1.43 Å². The molecule has 0 atom stereocenters. The number of hydrazine groups is 1. The maximum Gasteiger partial charge on any atom is 1.00 e. The molecule has 8 heteroatoms. The van der Waals surface area contributed by atoms with E-state index in [1.807, 2.05) is 0 Å². The second-order valence-corrected chi connectivity index (χ2v) is 2.45. The normalized spacial score (nSPS) is 10.6. The van der Waals surface area contributed by atoms with Crippen LogP contribution in [0.5, 0.6) is 0 Å². The minimum atomic E-state index is -4.11. The molecule has 0 amide bonds. The third kappa shape index (κ3) is 11.6. The van der Waals surface area contributed by atoms with Crippen LogP contribution in [0.3, 0.4) is 0 Å². The predicted octanol–water partition coefficient (Wildman–Crippen LogP) is -5.04. The molecule has 58 valence electrons. The molecule has 0 aromatic carbocycles.